The van der Waals surface area contributed by atoms with E-state index in [1.807, 2.05) is 24.3 Å². The number of fused-ring (bicyclic) bond motifs is 1. The molecular weight excluding hydrogens is 463 g/mol. The van der Waals surface area contributed by atoms with Gasteiger partial charge in [-0.15, -0.1) is 0 Å². The van der Waals surface area contributed by atoms with Gasteiger partial charge in [-0.2, -0.15) is 4.31 Å². The van der Waals surface area contributed by atoms with Gasteiger partial charge in [-0.3, -0.25) is 0 Å². The molecule has 0 N–H and O–H groups in total. The first-order chi connectivity index (χ1) is 14.9. The molecule has 31 heavy (non-hydrogen) atoms. The lowest BCUT2D eigenvalue weighted by Gasteiger charge is -2.26. The van der Waals surface area contributed by atoms with Crippen LogP contribution >= 0.6 is 23.2 Å². The van der Waals surface area contributed by atoms with Crippen LogP contribution in [0.2, 0.25) is 10.2 Å². The predicted molar refractivity (Wildman–Crippen MR) is 117 cm³/mol. The Bertz CT molecular complexity index is 1240. The lowest BCUT2D eigenvalue weighted by atomic mass is 10.1. The van der Waals surface area contributed by atoms with E-state index < -0.39 is 16.0 Å². The van der Waals surface area contributed by atoms with Gasteiger partial charge in [0.05, 0.1) is 34.2 Å². The molecule has 0 atom stereocenters. The molecule has 0 saturated carbocycles. The second-order valence-electron chi connectivity index (χ2n) is 6.87. The highest BCUT2D eigenvalue weighted by atomic mass is 35.5. The minimum atomic E-state index is -3.78. The summed E-state index contributed by atoms with van der Waals surface area (Å²) in [5.41, 5.74) is 1.22. The third-order valence-corrected chi connectivity index (χ3v) is 7.43. The standard InChI is InChI=1S/C21H18Cl2N2O5S/c22-18-6-5-16(31(27,28)25-7-9-29-10-8-25)12-17(18)21(26)30-13-15-11-14-3-1-2-4-19(14)24-20(15)23/h1-6,11-12H,7-10,13H2. The van der Waals surface area contributed by atoms with Crippen molar-refractivity contribution in [3.8, 4) is 0 Å². The highest BCUT2D eigenvalue weighted by Gasteiger charge is 2.28. The lowest BCUT2D eigenvalue weighted by molar-refractivity contribution is 0.0472. The van der Waals surface area contributed by atoms with Crippen molar-refractivity contribution >= 4 is 50.1 Å². The molecule has 1 saturated heterocycles. The number of nitrogens with zero attached hydrogens (tertiary/aromatic N) is 2. The summed E-state index contributed by atoms with van der Waals surface area (Å²) in [6, 6.07) is 13.2. The van der Waals surface area contributed by atoms with Gasteiger partial charge in [0.15, 0.2) is 0 Å². The summed E-state index contributed by atoms with van der Waals surface area (Å²) in [5, 5.41) is 1.17. The molecule has 0 unspecified atom stereocenters. The zero-order valence-corrected chi connectivity index (χ0v) is 18.6. The summed E-state index contributed by atoms with van der Waals surface area (Å²) < 4.78 is 37.6. The average Bonchev–Trinajstić information content (AvgIpc) is 2.78. The van der Waals surface area contributed by atoms with Crippen molar-refractivity contribution in [1.29, 1.82) is 0 Å². The number of pyridine rings is 1. The van der Waals surface area contributed by atoms with Crippen LogP contribution in [0.5, 0.6) is 0 Å². The molecule has 0 aliphatic carbocycles. The fourth-order valence-corrected chi connectivity index (χ4v) is 5.05. The maximum atomic E-state index is 12.9. The molecule has 2 heterocycles. The monoisotopic (exact) mass is 480 g/mol. The third kappa shape index (κ3) is 4.68. The normalized spacial score (nSPS) is 15.2. The zero-order chi connectivity index (χ0) is 22.0. The molecule has 1 fully saturated rings. The van der Waals surface area contributed by atoms with Crippen LogP contribution in [0, 0.1) is 0 Å². The minimum absolute atomic E-state index is 0.0313. The van der Waals surface area contributed by atoms with Gasteiger partial charge in [-0.05, 0) is 30.3 Å². The molecule has 0 amide bonds. The van der Waals surface area contributed by atoms with E-state index in [4.69, 9.17) is 32.7 Å². The van der Waals surface area contributed by atoms with Crippen LogP contribution < -0.4 is 0 Å². The Hall–Kier alpha value is -2.23. The summed E-state index contributed by atoms with van der Waals surface area (Å²) in [5.74, 6) is -0.756. The van der Waals surface area contributed by atoms with Crippen molar-refractivity contribution in [3.63, 3.8) is 0 Å². The van der Waals surface area contributed by atoms with E-state index >= 15 is 0 Å². The minimum Gasteiger partial charge on any atom is -0.457 e. The predicted octanol–water partition coefficient (Wildman–Crippen LogP) is 3.92. The molecule has 2 aromatic carbocycles. The van der Waals surface area contributed by atoms with Gasteiger partial charge in [-0.1, -0.05) is 41.4 Å². The van der Waals surface area contributed by atoms with Gasteiger partial charge < -0.3 is 9.47 Å². The molecule has 10 heteroatoms. The van der Waals surface area contributed by atoms with E-state index in [2.05, 4.69) is 4.98 Å². The molecule has 162 valence electrons. The SMILES string of the molecule is O=C(OCc1cc2ccccc2nc1Cl)c1cc(S(=O)(=O)N2CCOCC2)ccc1Cl. The molecular formula is C21H18Cl2N2O5S. The molecule has 0 bridgehead atoms. The van der Waals surface area contributed by atoms with Crippen molar-refractivity contribution in [3.05, 3.63) is 69.8 Å². The number of sulfonamides is 1. The number of hydrogen-bond donors (Lipinski definition) is 0. The van der Waals surface area contributed by atoms with Gasteiger partial charge >= 0.3 is 5.97 Å². The van der Waals surface area contributed by atoms with Crippen LogP contribution in [-0.4, -0.2) is 50.0 Å². The number of esters is 1. The fourth-order valence-electron chi connectivity index (χ4n) is 3.22. The largest absolute Gasteiger partial charge is 0.457 e. The van der Waals surface area contributed by atoms with E-state index in [1.165, 1.54) is 22.5 Å². The number of halogens is 2. The molecule has 7 nitrogen and oxygen atoms in total. The topological polar surface area (TPSA) is 85.8 Å². The van der Waals surface area contributed by atoms with Crippen LogP contribution in [0.1, 0.15) is 15.9 Å². The summed E-state index contributed by atoms with van der Waals surface area (Å²) >= 11 is 12.4. The first-order valence-corrected chi connectivity index (χ1v) is 11.6. The van der Waals surface area contributed by atoms with Crippen molar-refractivity contribution in [2.75, 3.05) is 26.3 Å². The Labute approximate surface area is 189 Å². The Morgan fingerprint density at radius 2 is 1.84 bits per heavy atom. The molecule has 1 aliphatic rings. The molecule has 4 rings (SSSR count). The smallest absolute Gasteiger partial charge is 0.340 e. The molecule has 1 aliphatic heterocycles. The van der Waals surface area contributed by atoms with Crippen molar-refractivity contribution in [2.45, 2.75) is 11.5 Å². The van der Waals surface area contributed by atoms with E-state index in [1.54, 1.807) is 6.07 Å². The van der Waals surface area contributed by atoms with Crippen LogP contribution in [-0.2, 0) is 26.1 Å². The summed E-state index contributed by atoms with van der Waals surface area (Å²) in [6.45, 7) is 1.01. The summed E-state index contributed by atoms with van der Waals surface area (Å²) in [7, 11) is -3.78. The highest BCUT2D eigenvalue weighted by Crippen LogP contribution is 2.26. The first kappa shape index (κ1) is 22.0. The first-order valence-electron chi connectivity index (χ1n) is 9.45. The Morgan fingerprint density at radius 1 is 1.10 bits per heavy atom. The van der Waals surface area contributed by atoms with Gasteiger partial charge in [0.1, 0.15) is 11.8 Å². The number of morpholine rings is 1. The molecule has 1 aromatic heterocycles. The Balaban J connectivity index is 1.55. The van der Waals surface area contributed by atoms with Gasteiger partial charge in [-0.25, -0.2) is 18.2 Å². The maximum absolute atomic E-state index is 12.9. The number of carbonyl (C=O) groups is 1. The Kier molecular flexibility index (Phi) is 6.45. The van der Waals surface area contributed by atoms with E-state index in [0.29, 0.717) is 18.8 Å². The molecule has 0 radical (unpaired) electrons. The number of ether oxygens (including phenoxy) is 2. The molecule has 0 spiro atoms. The van der Waals surface area contributed by atoms with Crippen molar-refractivity contribution in [2.24, 2.45) is 0 Å². The number of rotatable bonds is 5. The summed E-state index contributed by atoms with van der Waals surface area (Å²) in [4.78, 5) is 16.9. The second-order valence-corrected chi connectivity index (χ2v) is 9.57. The quantitative estimate of drug-likeness (QED) is 0.406. The van der Waals surface area contributed by atoms with Crippen molar-refractivity contribution in [1.82, 2.24) is 9.29 Å². The van der Waals surface area contributed by atoms with Crippen LogP contribution in [0.15, 0.2) is 53.4 Å². The second kappa shape index (κ2) is 9.10. The number of carbonyl (C=O) groups excluding carboxylic acids is 1. The summed E-state index contributed by atoms with van der Waals surface area (Å²) in [6.07, 6.45) is 0. The van der Waals surface area contributed by atoms with Crippen LogP contribution in [0.4, 0.5) is 0 Å². The van der Waals surface area contributed by atoms with E-state index in [0.717, 1.165) is 10.9 Å². The van der Waals surface area contributed by atoms with E-state index in [-0.39, 0.29) is 40.3 Å². The highest BCUT2D eigenvalue weighted by molar-refractivity contribution is 7.89. The number of para-hydroxylation sites is 1. The fraction of sp³-hybridized carbons (Fsp3) is 0.238. The number of aromatic nitrogens is 1. The van der Waals surface area contributed by atoms with E-state index in [9.17, 15) is 13.2 Å². The van der Waals surface area contributed by atoms with Gasteiger partial charge in [0.25, 0.3) is 0 Å². The Morgan fingerprint density at radius 3 is 2.61 bits per heavy atom. The third-order valence-electron chi connectivity index (χ3n) is 4.87. The van der Waals surface area contributed by atoms with Crippen LogP contribution in [0.25, 0.3) is 10.9 Å². The van der Waals surface area contributed by atoms with Gasteiger partial charge in [0, 0.05) is 24.0 Å². The van der Waals surface area contributed by atoms with Gasteiger partial charge in [0.2, 0.25) is 10.0 Å². The number of benzene rings is 2. The molecule has 3 aromatic rings. The zero-order valence-electron chi connectivity index (χ0n) is 16.3. The van der Waals surface area contributed by atoms with Crippen LogP contribution in [0.3, 0.4) is 0 Å². The lowest BCUT2D eigenvalue weighted by Crippen LogP contribution is -2.40. The maximum Gasteiger partial charge on any atom is 0.340 e. The van der Waals surface area contributed by atoms with Crippen molar-refractivity contribution < 1.29 is 22.7 Å². The number of hydrogen-bond acceptors (Lipinski definition) is 6. The average molecular weight is 481 g/mol.